The Morgan fingerprint density at radius 1 is 1.41 bits per heavy atom. The van der Waals surface area contributed by atoms with Crippen molar-refractivity contribution in [2.45, 2.75) is 25.3 Å². The molecule has 3 N–H and O–H groups in total. The number of benzene rings is 1. The van der Waals surface area contributed by atoms with Crippen LogP contribution >= 0.6 is 11.6 Å². The summed E-state index contributed by atoms with van der Waals surface area (Å²) in [6.45, 7) is 0. The minimum Gasteiger partial charge on any atom is -0.481 e. The highest BCUT2D eigenvalue weighted by atomic mass is 35.5. The fourth-order valence-corrected chi connectivity index (χ4v) is 1.68. The van der Waals surface area contributed by atoms with Gasteiger partial charge in [-0.25, -0.2) is 8.78 Å². The van der Waals surface area contributed by atoms with Crippen LogP contribution in [0.25, 0.3) is 0 Å². The van der Waals surface area contributed by atoms with Crippen LogP contribution in [0.15, 0.2) is 18.2 Å². The summed E-state index contributed by atoms with van der Waals surface area (Å²) in [6.07, 6.45) is -2.73. The van der Waals surface area contributed by atoms with Crippen LogP contribution in [0.4, 0.5) is 8.78 Å². The Kier molecular flexibility index (Phi) is 4.84. The molecule has 0 spiro atoms. The molecule has 1 unspecified atom stereocenters. The summed E-state index contributed by atoms with van der Waals surface area (Å²) < 4.78 is 25.4. The summed E-state index contributed by atoms with van der Waals surface area (Å²) in [5.74, 6) is -1.01. The number of alkyl halides is 2. The van der Waals surface area contributed by atoms with Crippen molar-refractivity contribution in [3.8, 4) is 0 Å². The van der Waals surface area contributed by atoms with Gasteiger partial charge in [0, 0.05) is 23.0 Å². The maximum atomic E-state index is 12.7. The van der Waals surface area contributed by atoms with Crippen molar-refractivity contribution in [2.24, 2.45) is 5.73 Å². The highest BCUT2D eigenvalue weighted by Crippen LogP contribution is 2.30. The van der Waals surface area contributed by atoms with Gasteiger partial charge in [0.2, 0.25) is 0 Å². The molecule has 0 bridgehead atoms. The molecule has 1 atom stereocenters. The Labute approximate surface area is 102 Å². The number of carboxylic acid groups (broad SMARTS) is 1. The van der Waals surface area contributed by atoms with Crippen LogP contribution in [-0.2, 0) is 4.79 Å². The Morgan fingerprint density at radius 2 is 2.06 bits per heavy atom. The SMILES string of the molecule is NC(CCC(=O)O)c1cc(Cl)ccc1C(F)F. The average molecular weight is 264 g/mol. The number of hydrogen-bond donors (Lipinski definition) is 2. The van der Waals surface area contributed by atoms with Crippen molar-refractivity contribution in [1.29, 1.82) is 0 Å². The van der Waals surface area contributed by atoms with E-state index in [1.807, 2.05) is 0 Å². The minimum absolute atomic E-state index is 0.0927. The van der Waals surface area contributed by atoms with Crippen molar-refractivity contribution in [3.05, 3.63) is 34.3 Å². The number of nitrogens with two attached hydrogens (primary N) is 1. The van der Waals surface area contributed by atoms with Gasteiger partial charge in [0.1, 0.15) is 0 Å². The van der Waals surface area contributed by atoms with Gasteiger partial charge in [-0.1, -0.05) is 17.7 Å². The van der Waals surface area contributed by atoms with Crippen molar-refractivity contribution in [3.63, 3.8) is 0 Å². The maximum Gasteiger partial charge on any atom is 0.303 e. The van der Waals surface area contributed by atoms with Crippen LogP contribution in [0.5, 0.6) is 0 Å². The van der Waals surface area contributed by atoms with Gasteiger partial charge in [-0.2, -0.15) is 0 Å². The predicted molar refractivity (Wildman–Crippen MR) is 60.2 cm³/mol. The first-order chi connectivity index (χ1) is 7.91. The van der Waals surface area contributed by atoms with Gasteiger partial charge >= 0.3 is 5.97 Å². The van der Waals surface area contributed by atoms with Crippen molar-refractivity contribution in [2.75, 3.05) is 0 Å². The lowest BCUT2D eigenvalue weighted by atomic mass is 9.97. The largest absolute Gasteiger partial charge is 0.481 e. The molecule has 0 aliphatic carbocycles. The topological polar surface area (TPSA) is 63.3 Å². The second-order valence-corrected chi connectivity index (χ2v) is 4.05. The molecule has 3 nitrogen and oxygen atoms in total. The molecule has 94 valence electrons. The summed E-state index contributed by atoms with van der Waals surface area (Å²) in [5.41, 5.74) is 5.70. The van der Waals surface area contributed by atoms with Crippen LogP contribution in [0.3, 0.4) is 0 Å². The van der Waals surface area contributed by atoms with Crippen LogP contribution in [0.2, 0.25) is 5.02 Å². The van der Waals surface area contributed by atoms with Gasteiger partial charge in [-0.15, -0.1) is 0 Å². The van der Waals surface area contributed by atoms with E-state index in [0.717, 1.165) is 0 Å². The zero-order valence-electron chi connectivity index (χ0n) is 8.87. The first-order valence-electron chi connectivity index (χ1n) is 4.96. The third kappa shape index (κ3) is 3.94. The van der Waals surface area contributed by atoms with Gasteiger partial charge in [0.05, 0.1) is 0 Å². The third-order valence-corrected chi connectivity index (χ3v) is 2.59. The van der Waals surface area contributed by atoms with Gasteiger partial charge in [-0.05, 0) is 24.1 Å². The third-order valence-electron chi connectivity index (χ3n) is 2.35. The molecule has 0 heterocycles. The van der Waals surface area contributed by atoms with Gasteiger partial charge < -0.3 is 10.8 Å². The van der Waals surface area contributed by atoms with Crippen LogP contribution < -0.4 is 5.73 Å². The van der Waals surface area contributed by atoms with E-state index in [1.165, 1.54) is 18.2 Å². The highest BCUT2D eigenvalue weighted by Gasteiger charge is 2.18. The molecule has 1 rings (SSSR count). The molecule has 6 heteroatoms. The second-order valence-electron chi connectivity index (χ2n) is 3.61. The van der Waals surface area contributed by atoms with Crippen molar-refractivity contribution >= 4 is 17.6 Å². The van der Waals surface area contributed by atoms with E-state index in [0.29, 0.717) is 5.02 Å². The fourth-order valence-electron chi connectivity index (χ4n) is 1.50. The lowest BCUT2D eigenvalue weighted by Gasteiger charge is -2.15. The number of halogens is 3. The summed E-state index contributed by atoms with van der Waals surface area (Å²) in [6, 6.07) is 3.17. The second kappa shape index (κ2) is 5.93. The molecule has 0 aliphatic rings. The smallest absolute Gasteiger partial charge is 0.303 e. The molecule has 1 aromatic rings. The quantitative estimate of drug-likeness (QED) is 0.858. The lowest BCUT2D eigenvalue weighted by molar-refractivity contribution is -0.137. The van der Waals surface area contributed by atoms with E-state index < -0.39 is 18.4 Å². The first kappa shape index (κ1) is 13.9. The summed E-state index contributed by atoms with van der Waals surface area (Å²) in [4.78, 5) is 10.4. The van der Waals surface area contributed by atoms with Gasteiger partial charge in [0.25, 0.3) is 6.43 Å². The molecule has 0 fully saturated rings. The monoisotopic (exact) mass is 263 g/mol. The molecule has 17 heavy (non-hydrogen) atoms. The Balaban J connectivity index is 2.93. The summed E-state index contributed by atoms with van der Waals surface area (Å²) in [5, 5.41) is 8.81. The minimum atomic E-state index is -2.65. The average Bonchev–Trinajstić information content (AvgIpc) is 2.25. The number of rotatable bonds is 5. The summed E-state index contributed by atoms with van der Waals surface area (Å²) in [7, 11) is 0. The van der Waals surface area contributed by atoms with E-state index >= 15 is 0 Å². The molecule has 1 aromatic carbocycles. The zero-order valence-corrected chi connectivity index (χ0v) is 9.62. The van der Waals surface area contributed by atoms with Gasteiger partial charge in [0.15, 0.2) is 0 Å². The Bertz CT molecular complexity index is 412. The van der Waals surface area contributed by atoms with E-state index in [9.17, 15) is 13.6 Å². The molecule has 0 saturated carbocycles. The standard InChI is InChI=1S/C11H12ClF2NO2/c12-6-1-2-7(11(13)14)8(5-6)9(15)3-4-10(16)17/h1-2,5,9,11H,3-4,15H2,(H,16,17). The van der Waals surface area contributed by atoms with E-state index in [2.05, 4.69) is 0 Å². The van der Waals surface area contributed by atoms with Crippen LogP contribution in [0.1, 0.15) is 36.4 Å². The molecule has 0 radical (unpaired) electrons. The number of hydrogen-bond acceptors (Lipinski definition) is 2. The predicted octanol–water partition coefficient (Wildman–Crippen LogP) is 3.14. The van der Waals surface area contributed by atoms with E-state index in [1.54, 1.807) is 0 Å². The zero-order chi connectivity index (χ0) is 13.0. The number of carboxylic acids is 1. The highest BCUT2D eigenvalue weighted by molar-refractivity contribution is 6.30. The maximum absolute atomic E-state index is 12.7. The van der Waals surface area contributed by atoms with Crippen LogP contribution in [0, 0.1) is 0 Å². The van der Waals surface area contributed by atoms with Crippen molar-refractivity contribution < 1.29 is 18.7 Å². The van der Waals surface area contributed by atoms with E-state index in [-0.39, 0.29) is 24.0 Å². The first-order valence-corrected chi connectivity index (χ1v) is 5.34. The molecule has 0 aromatic heterocycles. The number of aliphatic carboxylic acids is 1. The lowest BCUT2D eigenvalue weighted by Crippen LogP contribution is -2.14. The normalized spacial score (nSPS) is 12.8. The van der Waals surface area contributed by atoms with E-state index in [4.69, 9.17) is 22.4 Å². The van der Waals surface area contributed by atoms with Crippen LogP contribution in [-0.4, -0.2) is 11.1 Å². The van der Waals surface area contributed by atoms with Gasteiger partial charge in [-0.3, -0.25) is 4.79 Å². The molecule has 0 saturated heterocycles. The Morgan fingerprint density at radius 3 is 2.59 bits per heavy atom. The summed E-state index contributed by atoms with van der Waals surface area (Å²) >= 11 is 5.71. The molecular formula is C11H12ClF2NO2. The molecule has 0 aliphatic heterocycles. The fraction of sp³-hybridized carbons (Fsp3) is 0.364. The number of carbonyl (C=O) groups is 1. The van der Waals surface area contributed by atoms with Crippen molar-refractivity contribution in [1.82, 2.24) is 0 Å². The Hall–Kier alpha value is -1.20. The molecular weight excluding hydrogens is 252 g/mol. The molecule has 0 amide bonds.